The van der Waals surface area contributed by atoms with E-state index in [1.807, 2.05) is 54.6 Å². The number of rotatable bonds is 7. The molecule has 1 aromatic heterocycles. The summed E-state index contributed by atoms with van der Waals surface area (Å²) in [6.45, 7) is 0.831. The number of likely N-dealkylation sites (tertiary alicyclic amines) is 1. The largest absolute Gasteiger partial charge is 0.487 e. The fourth-order valence-corrected chi connectivity index (χ4v) is 3.42. The van der Waals surface area contributed by atoms with Crippen molar-refractivity contribution in [2.45, 2.75) is 6.10 Å². The minimum atomic E-state index is -0.351. The highest BCUT2D eigenvalue weighted by Crippen LogP contribution is 2.27. The molecule has 0 atom stereocenters. The molecule has 1 amide bonds. The summed E-state index contributed by atoms with van der Waals surface area (Å²) in [7, 11) is 0. The molecule has 166 valence electrons. The zero-order chi connectivity index (χ0) is 22.6. The van der Waals surface area contributed by atoms with Gasteiger partial charge in [-0.2, -0.15) is 4.98 Å². The Bertz CT molecular complexity index is 1240. The lowest BCUT2D eigenvalue weighted by Crippen LogP contribution is -2.57. The van der Waals surface area contributed by atoms with Crippen LogP contribution in [0.5, 0.6) is 11.5 Å². The van der Waals surface area contributed by atoms with Crippen molar-refractivity contribution >= 4 is 5.91 Å². The molecule has 1 aliphatic heterocycles. The highest BCUT2D eigenvalue weighted by Gasteiger charge is 2.32. The van der Waals surface area contributed by atoms with Crippen molar-refractivity contribution in [2.75, 3.05) is 19.7 Å². The lowest BCUT2D eigenvalue weighted by Gasteiger charge is -2.38. The molecule has 0 bridgehead atoms. The van der Waals surface area contributed by atoms with Crippen molar-refractivity contribution in [1.82, 2.24) is 15.0 Å². The highest BCUT2D eigenvalue weighted by molar-refractivity contribution is 5.78. The van der Waals surface area contributed by atoms with E-state index in [0.717, 1.165) is 11.1 Å². The zero-order valence-electron chi connectivity index (χ0n) is 17.6. The minimum absolute atomic E-state index is 0.102. The molecule has 1 fully saturated rings. The van der Waals surface area contributed by atoms with Gasteiger partial charge in [0.05, 0.1) is 13.1 Å². The van der Waals surface area contributed by atoms with Gasteiger partial charge in [-0.1, -0.05) is 41.6 Å². The molecule has 0 N–H and O–H groups in total. The monoisotopic (exact) mass is 445 g/mol. The van der Waals surface area contributed by atoms with Crippen LogP contribution in [-0.4, -0.2) is 46.7 Å². The van der Waals surface area contributed by atoms with Crippen LogP contribution in [0.2, 0.25) is 0 Å². The highest BCUT2D eigenvalue weighted by atomic mass is 19.1. The van der Waals surface area contributed by atoms with Crippen LogP contribution in [0, 0.1) is 5.82 Å². The molecule has 0 radical (unpaired) electrons. The molecule has 1 saturated heterocycles. The number of halogens is 1. The van der Waals surface area contributed by atoms with E-state index in [0.29, 0.717) is 36.3 Å². The predicted octanol–water partition coefficient (Wildman–Crippen LogP) is 4.21. The molecule has 0 aliphatic carbocycles. The second kappa shape index (κ2) is 9.12. The van der Waals surface area contributed by atoms with Crippen molar-refractivity contribution in [2.24, 2.45) is 0 Å². The number of amides is 1. The third-order valence-corrected chi connectivity index (χ3v) is 5.22. The third kappa shape index (κ3) is 4.85. The van der Waals surface area contributed by atoms with E-state index in [2.05, 4.69) is 10.1 Å². The molecule has 3 aromatic carbocycles. The standard InChI is InChI=1S/C25H20FN3O4/c26-19-9-11-20(12-10-19)31-16-23(30)29-14-22(15-29)32-21-8-4-7-18(13-21)25-27-24(28-33-25)17-5-2-1-3-6-17/h1-13,22H,14-16H2. The molecule has 4 aromatic rings. The first kappa shape index (κ1) is 20.7. The second-order valence-electron chi connectivity index (χ2n) is 7.60. The molecule has 2 heterocycles. The van der Waals surface area contributed by atoms with Crippen molar-refractivity contribution in [3.63, 3.8) is 0 Å². The van der Waals surface area contributed by atoms with Crippen molar-refractivity contribution in [3.05, 3.63) is 84.7 Å². The van der Waals surface area contributed by atoms with Crippen LogP contribution in [0.15, 0.2) is 83.4 Å². The zero-order valence-corrected chi connectivity index (χ0v) is 17.6. The van der Waals surface area contributed by atoms with Crippen molar-refractivity contribution in [3.8, 4) is 34.3 Å². The number of hydrogen-bond acceptors (Lipinski definition) is 6. The molecule has 0 saturated carbocycles. The summed E-state index contributed by atoms with van der Waals surface area (Å²) in [6, 6.07) is 22.6. The van der Waals surface area contributed by atoms with Crippen LogP contribution in [0.1, 0.15) is 0 Å². The number of benzene rings is 3. The van der Waals surface area contributed by atoms with E-state index < -0.39 is 0 Å². The van der Waals surface area contributed by atoms with Gasteiger partial charge in [0.25, 0.3) is 11.8 Å². The van der Waals surface area contributed by atoms with Crippen LogP contribution in [0.3, 0.4) is 0 Å². The Hall–Kier alpha value is -4.20. The summed E-state index contributed by atoms with van der Waals surface area (Å²) in [5, 5.41) is 4.05. The Kier molecular flexibility index (Phi) is 5.72. The SMILES string of the molecule is O=C(COc1ccc(F)cc1)N1CC(Oc2cccc(-c3nc(-c4ccccc4)no3)c2)C1. The van der Waals surface area contributed by atoms with E-state index in [4.69, 9.17) is 14.0 Å². The van der Waals surface area contributed by atoms with Crippen LogP contribution in [-0.2, 0) is 4.79 Å². The number of carbonyl (C=O) groups is 1. The number of ether oxygens (including phenoxy) is 2. The Balaban J connectivity index is 1.14. The van der Waals surface area contributed by atoms with Gasteiger partial charge in [-0.3, -0.25) is 4.79 Å². The van der Waals surface area contributed by atoms with Gasteiger partial charge in [-0.25, -0.2) is 4.39 Å². The summed E-state index contributed by atoms with van der Waals surface area (Å²) in [4.78, 5) is 18.4. The molecule has 0 unspecified atom stereocenters. The van der Waals surface area contributed by atoms with Gasteiger partial charge in [0.1, 0.15) is 23.4 Å². The van der Waals surface area contributed by atoms with E-state index in [-0.39, 0.29) is 24.4 Å². The minimum Gasteiger partial charge on any atom is -0.487 e. The van der Waals surface area contributed by atoms with Gasteiger partial charge in [0, 0.05) is 11.1 Å². The van der Waals surface area contributed by atoms with Gasteiger partial charge >= 0.3 is 0 Å². The van der Waals surface area contributed by atoms with Crippen molar-refractivity contribution < 1.29 is 23.2 Å². The van der Waals surface area contributed by atoms with E-state index in [9.17, 15) is 9.18 Å². The quantitative estimate of drug-likeness (QED) is 0.424. The molecule has 7 nitrogen and oxygen atoms in total. The van der Waals surface area contributed by atoms with Crippen LogP contribution < -0.4 is 9.47 Å². The first-order chi connectivity index (χ1) is 16.1. The lowest BCUT2D eigenvalue weighted by atomic mass is 10.1. The number of hydrogen-bond donors (Lipinski definition) is 0. The Morgan fingerprint density at radius 3 is 2.52 bits per heavy atom. The van der Waals surface area contributed by atoms with E-state index >= 15 is 0 Å². The first-order valence-corrected chi connectivity index (χ1v) is 10.5. The van der Waals surface area contributed by atoms with Crippen LogP contribution >= 0.6 is 0 Å². The maximum atomic E-state index is 12.9. The van der Waals surface area contributed by atoms with Gasteiger partial charge in [-0.15, -0.1) is 0 Å². The maximum Gasteiger partial charge on any atom is 0.260 e. The molecular formula is C25H20FN3O4. The van der Waals surface area contributed by atoms with Crippen molar-refractivity contribution in [1.29, 1.82) is 0 Å². The Morgan fingerprint density at radius 1 is 0.970 bits per heavy atom. The average Bonchev–Trinajstić information content (AvgIpc) is 3.32. The van der Waals surface area contributed by atoms with Gasteiger partial charge < -0.3 is 18.9 Å². The average molecular weight is 445 g/mol. The first-order valence-electron chi connectivity index (χ1n) is 10.5. The molecule has 5 rings (SSSR count). The molecule has 0 spiro atoms. The van der Waals surface area contributed by atoms with E-state index in [1.54, 1.807) is 4.90 Å². The predicted molar refractivity (Wildman–Crippen MR) is 118 cm³/mol. The maximum absolute atomic E-state index is 12.9. The number of nitrogens with zero attached hydrogens (tertiary/aromatic N) is 3. The van der Waals surface area contributed by atoms with Crippen LogP contribution in [0.25, 0.3) is 22.8 Å². The van der Waals surface area contributed by atoms with Crippen LogP contribution in [0.4, 0.5) is 4.39 Å². The lowest BCUT2D eigenvalue weighted by molar-refractivity contribution is -0.142. The topological polar surface area (TPSA) is 77.7 Å². The third-order valence-electron chi connectivity index (χ3n) is 5.22. The summed E-state index contributed by atoms with van der Waals surface area (Å²) in [5.74, 6) is 1.54. The molecule has 33 heavy (non-hydrogen) atoms. The molecule has 1 aliphatic rings. The normalized spacial score (nSPS) is 13.4. The molecular weight excluding hydrogens is 425 g/mol. The fourth-order valence-electron chi connectivity index (χ4n) is 3.42. The summed E-state index contributed by atoms with van der Waals surface area (Å²) in [5.41, 5.74) is 1.63. The number of carbonyl (C=O) groups excluding carboxylic acids is 1. The Labute approximate surface area is 189 Å². The second-order valence-corrected chi connectivity index (χ2v) is 7.60. The summed E-state index contributed by atoms with van der Waals surface area (Å²) < 4.78 is 29.8. The Morgan fingerprint density at radius 2 is 1.73 bits per heavy atom. The van der Waals surface area contributed by atoms with Gasteiger partial charge in [0.15, 0.2) is 6.61 Å². The van der Waals surface area contributed by atoms with Gasteiger partial charge in [-0.05, 0) is 42.5 Å². The molecule has 8 heteroatoms. The van der Waals surface area contributed by atoms with Gasteiger partial charge in [0.2, 0.25) is 5.82 Å². The summed E-state index contributed by atoms with van der Waals surface area (Å²) >= 11 is 0. The number of aromatic nitrogens is 2. The fraction of sp³-hybridized carbons (Fsp3) is 0.160. The summed E-state index contributed by atoms with van der Waals surface area (Å²) in [6.07, 6.45) is -0.113. The smallest absolute Gasteiger partial charge is 0.260 e. The van der Waals surface area contributed by atoms with E-state index in [1.165, 1.54) is 24.3 Å².